The van der Waals surface area contributed by atoms with Crippen molar-refractivity contribution >= 4 is 27.5 Å². The summed E-state index contributed by atoms with van der Waals surface area (Å²) >= 11 is 3.26. The van der Waals surface area contributed by atoms with Crippen molar-refractivity contribution in [1.29, 1.82) is 0 Å². The quantitative estimate of drug-likeness (QED) is 0.619. The first kappa shape index (κ1) is 18.4. The van der Waals surface area contributed by atoms with Crippen molar-refractivity contribution in [3.8, 4) is 5.75 Å². The summed E-state index contributed by atoms with van der Waals surface area (Å²) in [5.41, 5.74) is 2.35. The third-order valence-corrected chi connectivity index (χ3v) is 5.13. The topological polar surface area (TPSA) is 54.5 Å². The van der Waals surface area contributed by atoms with Gasteiger partial charge in [0.2, 0.25) is 0 Å². The molecule has 1 N–H and O–H groups in total. The number of pyridine rings is 1. The van der Waals surface area contributed by atoms with Crippen LogP contribution in [0, 0.1) is 5.82 Å². The van der Waals surface area contributed by atoms with Gasteiger partial charge >= 0.3 is 0 Å². The van der Waals surface area contributed by atoms with Gasteiger partial charge in [-0.25, -0.2) is 4.39 Å². The molecule has 0 fully saturated rings. The molecule has 0 spiro atoms. The first-order valence-corrected chi connectivity index (χ1v) is 9.46. The molecule has 142 valence electrons. The average Bonchev–Trinajstić information content (AvgIpc) is 2.96. The van der Waals surface area contributed by atoms with Crippen molar-refractivity contribution in [2.75, 3.05) is 12.4 Å². The van der Waals surface area contributed by atoms with Gasteiger partial charge in [0.05, 0.1) is 24.1 Å². The lowest BCUT2D eigenvalue weighted by atomic mass is 10.2. The van der Waals surface area contributed by atoms with Crippen molar-refractivity contribution in [2.45, 2.75) is 12.7 Å². The number of hydrogen-bond donors (Lipinski definition) is 1. The summed E-state index contributed by atoms with van der Waals surface area (Å²) in [6.07, 6.45) is 1.07. The molecule has 3 aromatic rings. The van der Waals surface area contributed by atoms with Gasteiger partial charge in [-0.3, -0.25) is 9.78 Å². The summed E-state index contributed by atoms with van der Waals surface area (Å²) in [5.74, 6) is 0.192. The molecule has 2 heterocycles. The molecular formula is C21H17BrFN3O2. The Kier molecular flexibility index (Phi) is 5.00. The monoisotopic (exact) mass is 441 g/mol. The van der Waals surface area contributed by atoms with Crippen molar-refractivity contribution < 1.29 is 13.9 Å². The van der Waals surface area contributed by atoms with Crippen LogP contribution in [0.5, 0.6) is 5.75 Å². The number of nitrogens with zero attached hydrogens (tertiary/aromatic N) is 2. The summed E-state index contributed by atoms with van der Waals surface area (Å²) in [7, 11) is 1.61. The molecule has 7 heteroatoms. The molecule has 5 nitrogen and oxygen atoms in total. The summed E-state index contributed by atoms with van der Waals surface area (Å²) in [4.78, 5) is 19.0. The molecule has 0 aliphatic carbocycles. The number of hydrogen-bond acceptors (Lipinski definition) is 4. The highest BCUT2D eigenvalue weighted by Gasteiger charge is 2.38. The third-order valence-electron chi connectivity index (χ3n) is 4.64. The Morgan fingerprint density at radius 2 is 2.00 bits per heavy atom. The number of rotatable bonds is 5. The average molecular weight is 442 g/mol. The summed E-state index contributed by atoms with van der Waals surface area (Å²) < 4.78 is 20.2. The van der Waals surface area contributed by atoms with Gasteiger partial charge in [0, 0.05) is 17.2 Å². The molecule has 1 aromatic heterocycles. The van der Waals surface area contributed by atoms with Gasteiger partial charge in [-0.15, -0.1) is 0 Å². The van der Waals surface area contributed by atoms with Crippen LogP contribution in [0.4, 0.5) is 10.1 Å². The number of carbonyl (C=O) groups excluding carboxylic acids is 1. The number of methoxy groups -OCH3 is 1. The highest BCUT2D eigenvalue weighted by Crippen LogP contribution is 2.35. The number of ether oxygens (including phenoxy) is 1. The van der Waals surface area contributed by atoms with E-state index in [1.807, 2.05) is 24.3 Å². The maximum atomic E-state index is 14.4. The zero-order chi connectivity index (χ0) is 19.7. The van der Waals surface area contributed by atoms with Gasteiger partial charge in [0.25, 0.3) is 5.91 Å². The minimum Gasteiger partial charge on any atom is -0.497 e. The molecule has 0 saturated heterocycles. The second-order valence-corrected chi connectivity index (χ2v) is 7.30. The Bertz CT molecular complexity index is 1030. The third kappa shape index (κ3) is 3.45. The number of benzene rings is 2. The zero-order valence-corrected chi connectivity index (χ0v) is 16.6. The normalized spacial score (nSPS) is 15.5. The number of aromatic nitrogens is 1. The van der Waals surface area contributed by atoms with Crippen molar-refractivity contribution in [1.82, 2.24) is 9.88 Å². The lowest BCUT2D eigenvalue weighted by Crippen LogP contribution is -2.32. The second-order valence-electron chi connectivity index (χ2n) is 6.39. The molecule has 1 atom stereocenters. The smallest absolute Gasteiger partial charge is 0.258 e. The highest BCUT2D eigenvalue weighted by molar-refractivity contribution is 9.10. The Morgan fingerprint density at radius 1 is 1.21 bits per heavy atom. The Morgan fingerprint density at radius 3 is 2.71 bits per heavy atom. The van der Waals surface area contributed by atoms with E-state index in [9.17, 15) is 9.18 Å². The van der Waals surface area contributed by atoms with Crippen molar-refractivity contribution in [2.24, 2.45) is 0 Å². The predicted octanol–water partition coefficient (Wildman–Crippen LogP) is 4.76. The Labute approximate surface area is 170 Å². The number of halogens is 2. The lowest BCUT2D eigenvalue weighted by Gasteiger charge is -2.27. The number of carbonyl (C=O) groups is 1. The Balaban J connectivity index is 1.67. The molecular weight excluding hydrogens is 425 g/mol. The molecule has 2 aromatic carbocycles. The van der Waals surface area contributed by atoms with E-state index >= 15 is 0 Å². The molecule has 1 aliphatic heterocycles. The molecule has 1 aliphatic rings. The summed E-state index contributed by atoms with van der Waals surface area (Å²) in [6.45, 7) is 0.356. The highest BCUT2D eigenvalue weighted by atomic mass is 79.9. The van der Waals surface area contributed by atoms with Crippen LogP contribution in [0.15, 0.2) is 65.3 Å². The van der Waals surface area contributed by atoms with Crippen LogP contribution in [0.1, 0.15) is 27.8 Å². The molecule has 28 heavy (non-hydrogen) atoms. The lowest BCUT2D eigenvalue weighted by molar-refractivity contribution is 0.0727. The van der Waals surface area contributed by atoms with Crippen LogP contribution in [-0.2, 0) is 6.54 Å². The number of amides is 1. The van der Waals surface area contributed by atoms with E-state index in [1.165, 1.54) is 6.07 Å². The maximum absolute atomic E-state index is 14.4. The first-order valence-electron chi connectivity index (χ1n) is 8.67. The van der Waals surface area contributed by atoms with Gasteiger partial charge in [-0.2, -0.15) is 0 Å². The minimum absolute atomic E-state index is 0.145. The minimum atomic E-state index is -0.568. The van der Waals surface area contributed by atoms with E-state index in [0.717, 1.165) is 11.3 Å². The molecule has 1 unspecified atom stereocenters. The van der Waals surface area contributed by atoms with Crippen LogP contribution in [-0.4, -0.2) is 22.9 Å². The largest absolute Gasteiger partial charge is 0.497 e. The second kappa shape index (κ2) is 7.59. The summed E-state index contributed by atoms with van der Waals surface area (Å²) in [5, 5.41) is 3.14. The van der Waals surface area contributed by atoms with E-state index in [-0.39, 0.29) is 5.91 Å². The van der Waals surface area contributed by atoms with Gasteiger partial charge in [0.1, 0.15) is 17.7 Å². The van der Waals surface area contributed by atoms with Crippen LogP contribution >= 0.6 is 15.9 Å². The number of nitrogens with one attached hydrogen (secondary N) is 1. The molecule has 0 saturated carbocycles. The van der Waals surface area contributed by atoms with Crippen LogP contribution in [0.3, 0.4) is 0 Å². The fraction of sp³-hybridized carbons (Fsp3) is 0.143. The summed E-state index contributed by atoms with van der Waals surface area (Å²) in [6, 6.07) is 15.7. The molecule has 0 bridgehead atoms. The van der Waals surface area contributed by atoms with E-state index in [0.29, 0.717) is 28.0 Å². The van der Waals surface area contributed by atoms with E-state index in [2.05, 4.69) is 26.2 Å². The van der Waals surface area contributed by atoms with Crippen LogP contribution in [0.25, 0.3) is 0 Å². The maximum Gasteiger partial charge on any atom is 0.258 e. The zero-order valence-electron chi connectivity index (χ0n) is 15.0. The van der Waals surface area contributed by atoms with Gasteiger partial charge in [-0.05, 0) is 48.0 Å². The van der Waals surface area contributed by atoms with E-state index < -0.39 is 12.0 Å². The fourth-order valence-corrected chi connectivity index (χ4v) is 3.56. The molecule has 4 rings (SSSR count). The molecule has 0 radical (unpaired) electrons. The standard InChI is InChI=1S/C21H17BrFN3O2/c1-28-15-7-4-13(5-8-15)12-26-20(19-16(21(26)27)3-2-10-24-19)25-18-9-6-14(22)11-17(18)23/h2-11,20,25H,12H2,1H3. The van der Waals surface area contributed by atoms with Gasteiger partial charge < -0.3 is 15.0 Å². The first-order chi connectivity index (χ1) is 13.6. The van der Waals surface area contributed by atoms with Crippen molar-refractivity contribution in [3.63, 3.8) is 0 Å². The van der Waals surface area contributed by atoms with Gasteiger partial charge in [-0.1, -0.05) is 28.1 Å². The number of anilines is 1. The van der Waals surface area contributed by atoms with Crippen molar-refractivity contribution in [3.05, 3.63) is 87.9 Å². The van der Waals surface area contributed by atoms with Crippen LogP contribution in [0.2, 0.25) is 0 Å². The van der Waals surface area contributed by atoms with Crippen LogP contribution < -0.4 is 10.1 Å². The number of fused-ring (bicyclic) bond motifs is 1. The predicted molar refractivity (Wildman–Crippen MR) is 108 cm³/mol. The van der Waals surface area contributed by atoms with E-state index in [4.69, 9.17) is 4.74 Å². The SMILES string of the molecule is COc1ccc(CN2C(=O)c3cccnc3C2Nc2ccc(Br)cc2F)cc1. The fourth-order valence-electron chi connectivity index (χ4n) is 3.23. The van der Waals surface area contributed by atoms with E-state index in [1.54, 1.807) is 42.5 Å². The Hall–Kier alpha value is -2.93. The molecule has 1 amide bonds. The van der Waals surface area contributed by atoms with Gasteiger partial charge in [0.15, 0.2) is 0 Å².